The quantitative estimate of drug-likeness (QED) is 0.192. The summed E-state index contributed by atoms with van der Waals surface area (Å²) in [6.07, 6.45) is 0. The highest BCUT2D eigenvalue weighted by atomic mass is 32.2. The Balaban J connectivity index is 2.68. The van der Waals surface area contributed by atoms with Crippen LogP contribution in [0.1, 0.15) is 125 Å². The van der Waals surface area contributed by atoms with Crippen molar-refractivity contribution in [3.63, 3.8) is 0 Å². The molecule has 0 unspecified atom stereocenters. The Kier molecular flexibility index (Phi) is 9.85. The molecule has 0 spiro atoms. The summed E-state index contributed by atoms with van der Waals surface area (Å²) in [5.74, 6) is 0.0811. The van der Waals surface area contributed by atoms with Crippen molar-refractivity contribution in [1.82, 2.24) is 0 Å². The van der Waals surface area contributed by atoms with Crippen molar-refractivity contribution in [1.29, 1.82) is 0 Å². The fraction of sp³-hybridized carbons (Fsp3) is 0.606. The van der Waals surface area contributed by atoms with Gasteiger partial charge in [0.1, 0.15) is 5.75 Å². The van der Waals surface area contributed by atoms with Gasteiger partial charge in [0.05, 0.1) is 9.83 Å². The second-order valence-corrected chi connectivity index (χ2v) is 20.8. The van der Waals surface area contributed by atoms with Gasteiger partial charge in [-0.15, -0.1) is 23.5 Å². The number of benzene rings is 2. The molecule has 4 nitrogen and oxygen atoms in total. The molecule has 2 rings (SSSR count). The summed E-state index contributed by atoms with van der Waals surface area (Å²) in [6, 6.07) is 8.45. The predicted octanol–water partition coefficient (Wildman–Crippen LogP) is 9.31. The molecule has 40 heavy (non-hydrogen) atoms. The minimum absolute atomic E-state index is 0.0731. The molecule has 0 aliphatic carbocycles. The number of hydrogen-bond acceptors (Lipinski definition) is 6. The smallest absolute Gasteiger partial charge is 0.234 e. The van der Waals surface area contributed by atoms with Crippen molar-refractivity contribution in [2.24, 2.45) is 0 Å². The van der Waals surface area contributed by atoms with Crippen molar-refractivity contribution < 1.29 is 18.3 Å². The van der Waals surface area contributed by atoms with E-state index in [-0.39, 0.29) is 37.1 Å². The van der Waals surface area contributed by atoms with Crippen molar-refractivity contribution >= 4 is 39.0 Å². The van der Waals surface area contributed by atoms with Crippen LogP contribution in [0.3, 0.4) is 0 Å². The maximum Gasteiger partial charge on any atom is 0.234 e. The molecule has 0 aromatic heterocycles. The molecule has 0 bridgehead atoms. The van der Waals surface area contributed by atoms with Crippen LogP contribution in [0.15, 0.2) is 34.1 Å². The minimum atomic E-state index is -3.87. The number of thioether (sulfide) groups is 2. The lowest BCUT2D eigenvalue weighted by Crippen LogP contribution is -2.24. The van der Waals surface area contributed by atoms with E-state index in [1.54, 1.807) is 23.5 Å². The molecule has 7 heteroatoms. The van der Waals surface area contributed by atoms with Crippen LogP contribution in [-0.4, -0.2) is 23.2 Å². The van der Waals surface area contributed by atoms with E-state index in [1.165, 1.54) is 0 Å². The Labute approximate surface area is 252 Å². The first kappa shape index (κ1) is 34.8. The lowest BCUT2D eigenvalue weighted by atomic mass is 9.77. The number of carbonyl (C=O) groups is 1. The van der Waals surface area contributed by atoms with Gasteiger partial charge in [-0.3, -0.25) is 4.79 Å². The molecule has 0 aliphatic rings. The van der Waals surface area contributed by atoms with Gasteiger partial charge in [0.15, 0.2) is 0 Å². The summed E-state index contributed by atoms with van der Waals surface area (Å²) in [5, 5.41) is 11.2. The van der Waals surface area contributed by atoms with Crippen LogP contribution in [0.25, 0.3) is 0 Å². The summed E-state index contributed by atoms with van der Waals surface area (Å²) in [6.45, 7) is 29.6. The number of carbonyl (C=O) groups excluding carboxylic acids is 1. The number of hydrogen-bond donors (Lipinski definition) is 1. The fourth-order valence-electron chi connectivity index (χ4n) is 4.83. The third kappa shape index (κ3) is 8.78. The van der Waals surface area contributed by atoms with Gasteiger partial charge < -0.3 is 5.11 Å². The highest BCUT2D eigenvalue weighted by Crippen LogP contribution is 2.50. The molecule has 224 valence electrons. The fourth-order valence-corrected chi connectivity index (χ4v) is 8.20. The lowest BCUT2D eigenvalue weighted by Gasteiger charge is -2.33. The minimum Gasteiger partial charge on any atom is -0.507 e. The van der Waals surface area contributed by atoms with Crippen molar-refractivity contribution in [3.05, 3.63) is 52.1 Å². The number of sulfone groups is 1. The second kappa shape index (κ2) is 11.3. The third-order valence-electron chi connectivity index (χ3n) is 6.76. The zero-order chi connectivity index (χ0) is 31.3. The molecule has 2 aromatic carbocycles. The van der Waals surface area contributed by atoms with E-state index in [0.29, 0.717) is 5.75 Å². The van der Waals surface area contributed by atoms with Gasteiger partial charge >= 0.3 is 0 Å². The van der Waals surface area contributed by atoms with Gasteiger partial charge in [-0.05, 0) is 76.5 Å². The Hall–Kier alpha value is -1.44. The number of phenolic OH excluding ortho intramolecular Hbond substituents is 1. The van der Waals surface area contributed by atoms with Gasteiger partial charge in [0.25, 0.3) is 0 Å². The molecule has 0 amide bonds. The van der Waals surface area contributed by atoms with E-state index < -0.39 is 9.84 Å². The zero-order valence-electron chi connectivity index (χ0n) is 27.0. The van der Waals surface area contributed by atoms with Crippen molar-refractivity contribution in [2.45, 2.75) is 138 Å². The molecule has 0 saturated carbocycles. The van der Waals surface area contributed by atoms with Crippen LogP contribution in [-0.2, 0) is 42.0 Å². The summed E-state index contributed by atoms with van der Waals surface area (Å²) >= 11 is 3.51. The van der Waals surface area contributed by atoms with Crippen LogP contribution >= 0.6 is 23.5 Å². The molecule has 0 fully saturated rings. The van der Waals surface area contributed by atoms with E-state index in [4.69, 9.17) is 0 Å². The topological polar surface area (TPSA) is 71.4 Å². The number of rotatable bonds is 7. The van der Waals surface area contributed by atoms with Crippen molar-refractivity contribution in [3.8, 4) is 5.75 Å². The van der Waals surface area contributed by atoms with Gasteiger partial charge in [-0.1, -0.05) is 83.1 Å². The van der Waals surface area contributed by atoms with Gasteiger partial charge in [-0.25, -0.2) is 8.42 Å². The molecular formula is C33H50O4S3. The molecular weight excluding hydrogens is 557 g/mol. The average Bonchev–Trinajstić information content (AvgIpc) is 2.71. The Morgan fingerprint density at radius 1 is 0.625 bits per heavy atom. The maximum absolute atomic E-state index is 12.5. The third-order valence-corrected chi connectivity index (χ3v) is 10.2. The van der Waals surface area contributed by atoms with Crippen LogP contribution < -0.4 is 0 Å². The molecule has 2 aromatic rings. The normalized spacial score (nSPS) is 13.9. The van der Waals surface area contributed by atoms with Gasteiger partial charge in [0, 0.05) is 20.9 Å². The highest BCUT2D eigenvalue weighted by molar-refractivity contribution is 8.18. The Morgan fingerprint density at radius 2 is 0.925 bits per heavy atom. The first-order valence-corrected chi connectivity index (χ1v) is 17.1. The van der Waals surface area contributed by atoms with E-state index in [2.05, 4.69) is 121 Å². The number of phenols is 1. The monoisotopic (exact) mass is 606 g/mol. The van der Waals surface area contributed by atoms with Crippen LogP contribution in [0.4, 0.5) is 0 Å². The van der Waals surface area contributed by atoms with E-state index in [1.807, 2.05) is 0 Å². The Bertz CT molecular complexity index is 1290. The second-order valence-electron chi connectivity index (χ2n) is 15.4. The predicted molar refractivity (Wildman–Crippen MR) is 175 cm³/mol. The first-order valence-electron chi connectivity index (χ1n) is 13.8. The largest absolute Gasteiger partial charge is 0.507 e. The standard InChI is InChI=1S/C33H50O4S3/c1-29(2,3)24-15-21(16-25(30(4,5)6)23(24)19-40(36,37)20-34)38-33(13,14)39-22-17-26(31(7,8)9)28(35)27(18-22)32(10,11)12/h15-18,20,35H,19H2,1-14H3. The van der Waals surface area contributed by atoms with E-state index >= 15 is 0 Å². The van der Waals surface area contributed by atoms with Crippen LogP contribution in [0, 0.1) is 0 Å². The van der Waals surface area contributed by atoms with Crippen molar-refractivity contribution in [2.75, 3.05) is 0 Å². The molecule has 1 N–H and O–H groups in total. The van der Waals surface area contributed by atoms with Gasteiger partial charge in [0.2, 0.25) is 15.5 Å². The number of aromatic hydroxyl groups is 1. The van der Waals surface area contributed by atoms with Crippen LogP contribution in [0.2, 0.25) is 0 Å². The lowest BCUT2D eigenvalue weighted by molar-refractivity contribution is 0.422. The molecule has 0 atom stereocenters. The van der Waals surface area contributed by atoms with Gasteiger partial charge in [-0.2, -0.15) is 0 Å². The summed E-state index contributed by atoms with van der Waals surface area (Å²) in [5.41, 5.74) is 3.52. The molecule has 0 aliphatic heterocycles. The molecule has 0 saturated heterocycles. The Morgan fingerprint density at radius 3 is 1.20 bits per heavy atom. The molecule has 0 heterocycles. The first-order chi connectivity index (χ1) is 17.7. The average molecular weight is 607 g/mol. The van der Waals surface area contributed by atoms with Crippen LogP contribution in [0.5, 0.6) is 5.75 Å². The van der Waals surface area contributed by atoms with E-state index in [0.717, 1.165) is 37.6 Å². The molecule has 0 radical (unpaired) electrons. The summed E-state index contributed by atoms with van der Waals surface area (Å²) in [7, 11) is -3.87. The van der Waals surface area contributed by atoms with E-state index in [9.17, 15) is 18.3 Å². The summed E-state index contributed by atoms with van der Waals surface area (Å²) in [4.78, 5) is 13.5. The summed E-state index contributed by atoms with van der Waals surface area (Å²) < 4.78 is 24.7. The highest BCUT2D eigenvalue weighted by Gasteiger charge is 2.32. The zero-order valence-corrected chi connectivity index (χ0v) is 29.4. The SMILES string of the molecule is CC(C)(Sc1cc(C(C)(C)C)c(O)c(C(C)(C)C)c1)Sc1cc(C(C)(C)C)c(CS(=O)(=O)C=O)c(C(C)(C)C)c1. The maximum atomic E-state index is 12.5.